The maximum atomic E-state index is 5.36. The molecule has 20 heavy (non-hydrogen) atoms. The molecule has 2 rings (SSSR count). The number of hydrogen-bond donors (Lipinski definition) is 3. The van der Waals surface area contributed by atoms with Gasteiger partial charge in [-0.2, -0.15) is 20.1 Å². The number of hydrogen-bond acceptors (Lipinski definition) is 9. The van der Waals surface area contributed by atoms with Crippen LogP contribution in [-0.2, 0) is 13.6 Å². The van der Waals surface area contributed by atoms with Crippen LogP contribution in [0.15, 0.2) is 6.33 Å². The summed E-state index contributed by atoms with van der Waals surface area (Å²) in [6, 6.07) is 0.214. The van der Waals surface area contributed by atoms with Crippen molar-refractivity contribution in [1.82, 2.24) is 29.7 Å². The van der Waals surface area contributed by atoms with E-state index in [9.17, 15) is 0 Å². The molecule has 0 aliphatic rings. The van der Waals surface area contributed by atoms with Gasteiger partial charge in [0, 0.05) is 7.05 Å². The van der Waals surface area contributed by atoms with Gasteiger partial charge < -0.3 is 10.1 Å². The van der Waals surface area contributed by atoms with Crippen molar-refractivity contribution in [3.8, 4) is 6.01 Å². The van der Waals surface area contributed by atoms with Gasteiger partial charge in [-0.25, -0.2) is 10.8 Å². The number of nitrogens with one attached hydrogen (secondary N) is 2. The molecule has 0 saturated heterocycles. The summed E-state index contributed by atoms with van der Waals surface area (Å²) in [6.07, 6.45) is 2.48. The number of rotatable bonds is 7. The van der Waals surface area contributed by atoms with Crippen molar-refractivity contribution in [2.24, 2.45) is 12.9 Å². The molecule has 108 valence electrons. The fourth-order valence-corrected chi connectivity index (χ4v) is 1.38. The van der Waals surface area contributed by atoms with Crippen LogP contribution in [0.25, 0.3) is 0 Å². The highest BCUT2D eigenvalue weighted by Crippen LogP contribution is 2.11. The zero-order chi connectivity index (χ0) is 14.4. The van der Waals surface area contributed by atoms with Crippen LogP contribution in [0.5, 0.6) is 6.01 Å². The molecule has 0 amide bonds. The molecule has 0 saturated carbocycles. The molecule has 0 fully saturated rings. The number of aromatic nitrogens is 6. The summed E-state index contributed by atoms with van der Waals surface area (Å²) < 4.78 is 6.98. The molecule has 0 radical (unpaired) electrons. The molecule has 0 unspecified atom stereocenters. The van der Waals surface area contributed by atoms with Crippen LogP contribution >= 0.6 is 0 Å². The predicted octanol–water partition coefficient (Wildman–Crippen LogP) is -0.313. The Kier molecular flexibility index (Phi) is 4.60. The molecular weight excluding hydrogens is 262 g/mol. The Morgan fingerprint density at radius 1 is 1.30 bits per heavy atom. The zero-order valence-electron chi connectivity index (χ0n) is 11.4. The van der Waals surface area contributed by atoms with Crippen LogP contribution in [0.4, 0.5) is 11.9 Å². The molecule has 0 atom stereocenters. The lowest BCUT2D eigenvalue weighted by Crippen LogP contribution is -2.15. The highest BCUT2D eigenvalue weighted by molar-refractivity contribution is 5.34. The van der Waals surface area contributed by atoms with Crippen LogP contribution < -0.4 is 21.3 Å². The minimum atomic E-state index is 0.214. The van der Waals surface area contributed by atoms with E-state index in [1.807, 2.05) is 6.92 Å². The Bertz CT molecular complexity index is 555. The van der Waals surface area contributed by atoms with Gasteiger partial charge in [0.2, 0.25) is 11.9 Å². The van der Waals surface area contributed by atoms with Gasteiger partial charge in [-0.1, -0.05) is 6.92 Å². The third kappa shape index (κ3) is 3.75. The van der Waals surface area contributed by atoms with Crippen LogP contribution in [0, 0.1) is 0 Å². The maximum absolute atomic E-state index is 5.36. The molecule has 0 aliphatic carbocycles. The SMILES string of the molecule is CCCOc1nc(NN)nc(NCc2ncn(C)n2)n1. The number of nitrogens with two attached hydrogens (primary N) is 1. The number of nitrogen functional groups attached to an aromatic ring is 1. The highest BCUT2D eigenvalue weighted by atomic mass is 16.5. The summed E-state index contributed by atoms with van der Waals surface area (Å²) in [5, 5.41) is 7.13. The minimum Gasteiger partial charge on any atom is -0.463 e. The summed E-state index contributed by atoms with van der Waals surface area (Å²) in [7, 11) is 1.80. The topological polar surface area (TPSA) is 129 Å². The molecule has 0 aromatic carbocycles. The second-order valence-corrected chi connectivity index (χ2v) is 3.95. The van der Waals surface area contributed by atoms with E-state index in [2.05, 4.69) is 35.8 Å². The Hall–Kier alpha value is -2.49. The molecule has 0 aliphatic heterocycles. The maximum Gasteiger partial charge on any atom is 0.323 e. The number of hydrazine groups is 1. The summed E-state index contributed by atoms with van der Waals surface area (Å²) in [6.45, 7) is 2.91. The quantitative estimate of drug-likeness (QED) is 0.461. The summed E-state index contributed by atoms with van der Waals surface area (Å²) in [5.74, 6) is 6.51. The lowest BCUT2D eigenvalue weighted by atomic mass is 10.5. The fourth-order valence-electron chi connectivity index (χ4n) is 1.38. The highest BCUT2D eigenvalue weighted by Gasteiger charge is 2.07. The van der Waals surface area contributed by atoms with Crippen molar-refractivity contribution in [3.63, 3.8) is 0 Å². The van der Waals surface area contributed by atoms with E-state index < -0.39 is 0 Å². The van der Waals surface area contributed by atoms with Gasteiger partial charge in [-0.05, 0) is 6.42 Å². The average molecular weight is 279 g/mol. The summed E-state index contributed by atoms with van der Waals surface area (Å²) in [4.78, 5) is 16.3. The second kappa shape index (κ2) is 6.61. The number of aryl methyl sites for hydroxylation is 1. The monoisotopic (exact) mass is 279 g/mol. The number of ether oxygens (including phenoxy) is 1. The molecule has 4 N–H and O–H groups in total. The van der Waals surface area contributed by atoms with E-state index in [1.54, 1.807) is 18.1 Å². The molecule has 2 heterocycles. The minimum absolute atomic E-state index is 0.214. The van der Waals surface area contributed by atoms with Crippen molar-refractivity contribution in [2.45, 2.75) is 19.9 Å². The van der Waals surface area contributed by atoms with E-state index in [0.29, 0.717) is 24.9 Å². The van der Waals surface area contributed by atoms with E-state index >= 15 is 0 Å². The Balaban J connectivity index is 2.05. The van der Waals surface area contributed by atoms with Crippen molar-refractivity contribution >= 4 is 11.9 Å². The van der Waals surface area contributed by atoms with E-state index in [0.717, 1.165) is 6.42 Å². The van der Waals surface area contributed by atoms with Gasteiger partial charge in [-0.3, -0.25) is 10.1 Å². The van der Waals surface area contributed by atoms with E-state index in [4.69, 9.17) is 10.6 Å². The first kappa shape index (κ1) is 13.9. The van der Waals surface area contributed by atoms with Crippen molar-refractivity contribution in [1.29, 1.82) is 0 Å². The lowest BCUT2D eigenvalue weighted by Gasteiger charge is -2.07. The first-order valence-electron chi connectivity index (χ1n) is 6.15. The molecule has 0 spiro atoms. The first-order valence-corrected chi connectivity index (χ1v) is 6.15. The standard InChI is InChI=1S/C10H17N9O/c1-3-4-20-10-15-8(14-9(16-10)17-11)12-5-7-13-6-19(2)18-7/h6H,3-5,11H2,1-2H3,(H2,12,14,15,16,17). The smallest absolute Gasteiger partial charge is 0.323 e. The molecule has 0 bridgehead atoms. The predicted molar refractivity (Wildman–Crippen MR) is 71.8 cm³/mol. The first-order chi connectivity index (χ1) is 9.71. The fraction of sp³-hybridized carbons (Fsp3) is 0.500. The van der Waals surface area contributed by atoms with Crippen LogP contribution in [0.2, 0.25) is 0 Å². The van der Waals surface area contributed by atoms with Gasteiger partial charge in [-0.15, -0.1) is 0 Å². The van der Waals surface area contributed by atoms with Crippen molar-refractivity contribution in [3.05, 3.63) is 12.2 Å². The summed E-state index contributed by atoms with van der Waals surface area (Å²) >= 11 is 0. The van der Waals surface area contributed by atoms with Crippen molar-refractivity contribution in [2.75, 3.05) is 17.3 Å². The summed E-state index contributed by atoms with van der Waals surface area (Å²) in [5.41, 5.74) is 2.37. The van der Waals surface area contributed by atoms with Gasteiger partial charge >= 0.3 is 6.01 Å². The van der Waals surface area contributed by atoms with Gasteiger partial charge in [0.15, 0.2) is 5.82 Å². The third-order valence-corrected chi connectivity index (χ3v) is 2.23. The average Bonchev–Trinajstić information content (AvgIpc) is 2.88. The number of anilines is 2. The molecule has 2 aromatic rings. The Morgan fingerprint density at radius 3 is 2.75 bits per heavy atom. The van der Waals surface area contributed by atoms with Gasteiger partial charge in [0.25, 0.3) is 0 Å². The van der Waals surface area contributed by atoms with E-state index in [-0.39, 0.29) is 12.0 Å². The Labute approximate surface area is 115 Å². The zero-order valence-corrected chi connectivity index (χ0v) is 11.4. The molecule has 10 nitrogen and oxygen atoms in total. The van der Waals surface area contributed by atoms with Gasteiger partial charge in [0.1, 0.15) is 6.33 Å². The van der Waals surface area contributed by atoms with Crippen molar-refractivity contribution < 1.29 is 4.74 Å². The van der Waals surface area contributed by atoms with Crippen LogP contribution in [0.3, 0.4) is 0 Å². The lowest BCUT2D eigenvalue weighted by molar-refractivity contribution is 0.292. The van der Waals surface area contributed by atoms with Crippen LogP contribution in [-0.4, -0.2) is 36.3 Å². The van der Waals surface area contributed by atoms with E-state index in [1.165, 1.54) is 0 Å². The normalized spacial score (nSPS) is 10.3. The molecule has 2 aromatic heterocycles. The molecule has 10 heteroatoms. The van der Waals surface area contributed by atoms with Crippen LogP contribution in [0.1, 0.15) is 19.2 Å². The number of nitrogens with zero attached hydrogens (tertiary/aromatic N) is 6. The third-order valence-electron chi connectivity index (χ3n) is 2.23. The van der Waals surface area contributed by atoms with Gasteiger partial charge in [0.05, 0.1) is 13.2 Å². The second-order valence-electron chi connectivity index (χ2n) is 3.95. The molecular formula is C10H17N9O. The largest absolute Gasteiger partial charge is 0.463 e. The Morgan fingerprint density at radius 2 is 2.10 bits per heavy atom.